The second-order valence-corrected chi connectivity index (χ2v) is 3.86. The van der Waals surface area contributed by atoms with Crippen molar-refractivity contribution in [3.05, 3.63) is 22.1 Å². The Labute approximate surface area is 95.7 Å². The number of nitrogens with one attached hydrogen (secondary N) is 1. The third kappa shape index (κ3) is 2.15. The van der Waals surface area contributed by atoms with Crippen LogP contribution in [-0.2, 0) is 4.74 Å². The number of aromatic amines is 1. The summed E-state index contributed by atoms with van der Waals surface area (Å²) >= 11 is 0. The number of aliphatic hydroxyl groups is 3. The predicted octanol–water partition coefficient (Wildman–Crippen LogP) is -2.49. The van der Waals surface area contributed by atoms with Crippen LogP contribution in [0.15, 0.2) is 11.0 Å². The summed E-state index contributed by atoms with van der Waals surface area (Å²) in [5, 5.41) is 28.5. The fraction of sp³-hybridized carbons (Fsp3) is 0.556. The number of rotatable bonds is 1. The minimum Gasteiger partial charge on any atom is -0.388 e. The molecular weight excluding hydrogens is 230 g/mol. The zero-order chi connectivity index (χ0) is 12.6. The number of nitrogens with zero attached hydrogens (tertiary/aromatic N) is 1. The standard InChI is InChI=1S/C9H13N3O5/c10-9-11-1-3(8(16)12-9)7-6(15)5(14)4(13)2-17-7/h1,4-7,13-15H,2H2,(H3,10,11,12,16)/t4-,5-,6+,7-/m1/s1. The SMILES string of the molecule is Nc1ncc([C@H]2OC[C@@H](O)[C@@H](O)[C@@H]2O)c(=O)[nH]1. The molecule has 0 spiro atoms. The average Bonchev–Trinajstić information content (AvgIpc) is 2.28. The molecule has 0 bridgehead atoms. The summed E-state index contributed by atoms with van der Waals surface area (Å²) in [6, 6.07) is 0. The molecule has 0 aromatic carbocycles. The van der Waals surface area contributed by atoms with Crippen molar-refractivity contribution in [3.8, 4) is 0 Å². The lowest BCUT2D eigenvalue weighted by atomic mass is 9.96. The third-order valence-corrected chi connectivity index (χ3v) is 2.65. The molecule has 1 aliphatic heterocycles. The first-order valence-electron chi connectivity index (χ1n) is 5.01. The summed E-state index contributed by atoms with van der Waals surface area (Å²) in [5.41, 5.74) is 4.78. The van der Waals surface area contributed by atoms with Crippen LogP contribution in [0.4, 0.5) is 5.95 Å². The van der Waals surface area contributed by atoms with E-state index < -0.39 is 30.0 Å². The Kier molecular flexibility index (Phi) is 3.11. The molecule has 6 N–H and O–H groups in total. The molecule has 1 aliphatic rings. The monoisotopic (exact) mass is 243 g/mol. The highest BCUT2D eigenvalue weighted by atomic mass is 16.5. The van der Waals surface area contributed by atoms with Crippen LogP contribution in [-0.4, -0.2) is 50.2 Å². The van der Waals surface area contributed by atoms with E-state index in [2.05, 4.69) is 9.97 Å². The number of H-pyrrole nitrogens is 1. The molecule has 8 nitrogen and oxygen atoms in total. The van der Waals surface area contributed by atoms with Crippen molar-refractivity contribution in [2.45, 2.75) is 24.4 Å². The van der Waals surface area contributed by atoms with Gasteiger partial charge in [0.15, 0.2) is 5.95 Å². The molecule has 0 aliphatic carbocycles. The van der Waals surface area contributed by atoms with E-state index >= 15 is 0 Å². The largest absolute Gasteiger partial charge is 0.388 e. The molecule has 0 amide bonds. The van der Waals surface area contributed by atoms with Crippen LogP contribution in [0.1, 0.15) is 11.7 Å². The van der Waals surface area contributed by atoms with Gasteiger partial charge in [-0.1, -0.05) is 0 Å². The molecule has 0 saturated carbocycles. The quantitative estimate of drug-likeness (QED) is 0.367. The van der Waals surface area contributed by atoms with Gasteiger partial charge in [0.2, 0.25) is 0 Å². The highest BCUT2D eigenvalue weighted by Gasteiger charge is 2.39. The number of aromatic nitrogens is 2. The van der Waals surface area contributed by atoms with Crippen molar-refractivity contribution >= 4 is 5.95 Å². The Bertz CT molecular complexity index is 462. The highest BCUT2D eigenvalue weighted by Crippen LogP contribution is 2.26. The second-order valence-electron chi connectivity index (χ2n) is 3.86. The van der Waals surface area contributed by atoms with Crippen molar-refractivity contribution in [3.63, 3.8) is 0 Å². The maximum atomic E-state index is 11.6. The lowest BCUT2D eigenvalue weighted by Crippen LogP contribution is -2.50. The zero-order valence-electron chi connectivity index (χ0n) is 8.78. The Morgan fingerprint density at radius 1 is 1.41 bits per heavy atom. The Balaban J connectivity index is 2.31. The minimum atomic E-state index is -1.40. The van der Waals surface area contributed by atoms with Crippen LogP contribution >= 0.6 is 0 Å². The smallest absolute Gasteiger partial charge is 0.258 e. The first-order chi connectivity index (χ1) is 8.00. The summed E-state index contributed by atoms with van der Waals surface area (Å²) in [6.07, 6.45) is -3.81. The topological polar surface area (TPSA) is 142 Å². The van der Waals surface area contributed by atoms with Gasteiger partial charge >= 0.3 is 0 Å². The van der Waals surface area contributed by atoms with Gasteiger partial charge in [0.25, 0.3) is 5.56 Å². The van der Waals surface area contributed by atoms with Gasteiger partial charge in [-0.05, 0) is 0 Å². The van der Waals surface area contributed by atoms with Crippen molar-refractivity contribution in [1.82, 2.24) is 9.97 Å². The number of aliphatic hydroxyl groups excluding tert-OH is 3. The van der Waals surface area contributed by atoms with Gasteiger partial charge in [0.1, 0.15) is 24.4 Å². The maximum Gasteiger partial charge on any atom is 0.258 e. The Hall–Kier alpha value is -1.48. The molecular formula is C9H13N3O5. The number of hydrogen-bond donors (Lipinski definition) is 5. The normalized spacial score (nSPS) is 33.6. The molecule has 2 rings (SSSR count). The molecule has 2 heterocycles. The van der Waals surface area contributed by atoms with E-state index in [-0.39, 0.29) is 18.1 Å². The summed E-state index contributed by atoms with van der Waals surface area (Å²) < 4.78 is 5.12. The zero-order valence-corrected chi connectivity index (χ0v) is 8.78. The highest BCUT2D eigenvalue weighted by molar-refractivity contribution is 5.20. The van der Waals surface area contributed by atoms with Crippen LogP contribution in [0.5, 0.6) is 0 Å². The number of anilines is 1. The van der Waals surface area contributed by atoms with Crippen molar-refractivity contribution in [2.75, 3.05) is 12.3 Å². The van der Waals surface area contributed by atoms with Gasteiger partial charge in [-0.2, -0.15) is 0 Å². The van der Waals surface area contributed by atoms with E-state index in [1.807, 2.05) is 0 Å². The van der Waals surface area contributed by atoms with Gasteiger partial charge in [-0.25, -0.2) is 4.98 Å². The second kappa shape index (κ2) is 4.41. The van der Waals surface area contributed by atoms with E-state index in [0.29, 0.717) is 0 Å². The fourth-order valence-electron chi connectivity index (χ4n) is 1.70. The minimum absolute atomic E-state index is 0.0513. The summed E-state index contributed by atoms with van der Waals surface area (Å²) in [5.74, 6) is -0.0513. The molecule has 0 radical (unpaired) electrons. The Morgan fingerprint density at radius 3 is 2.76 bits per heavy atom. The van der Waals surface area contributed by atoms with Gasteiger partial charge < -0.3 is 25.8 Å². The Morgan fingerprint density at radius 2 is 2.12 bits per heavy atom. The molecule has 8 heteroatoms. The lowest BCUT2D eigenvalue weighted by Gasteiger charge is -2.34. The number of nitrogens with two attached hydrogens (primary N) is 1. The third-order valence-electron chi connectivity index (χ3n) is 2.65. The lowest BCUT2D eigenvalue weighted by molar-refractivity contribution is -0.189. The van der Waals surface area contributed by atoms with Crippen LogP contribution in [0.25, 0.3) is 0 Å². The summed E-state index contributed by atoms with van der Waals surface area (Å²) in [6.45, 7) is -0.174. The van der Waals surface area contributed by atoms with E-state index in [1.165, 1.54) is 6.20 Å². The number of ether oxygens (including phenoxy) is 1. The van der Waals surface area contributed by atoms with Crippen LogP contribution in [0.2, 0.25) is 0 Å². The van der Waals surface area contributed by atoms with E-state index in [9.17, 15) is 20.1 Å². The molecule has 0 unspecified atom stereocenters. The maximum absolute atomic E-state index is 11.6. The fourth-order valence-corrected chi connectivity index (χ4v) is 1.70. The van der Waals surface area contributed by atoms with Crippen molar-refractivity contribution in [1.29, 1.82) is 0 Å². The van der Waals surface area contributed by atoms with Crippen molar-refractivity contribution < 1.29 is 20.1 Å². The number of nitrogen functional groups attached to an aromatic ring is 1. The number of hydrogen-bond acceptors (Lipinski definition) is 7. The predicted molar refractivity (Wildman–Crippen MR) is 56.0 cm³/mol. The van der Waals surface area contributed by atoms with Crippen LogP contribution in [0, 0.1) is 0 Å². The van der Waals surface area contributed by atoms with E-state index in [1.54, 1.807) is 0 Å². The van der Waals surface area contributed by atoms with Gasteiger partial charge in [-0.15, -0.1) is 0 Å². The average molecular weight is 243 g/mol. The molecule has 1 saturated heterocycles. The van der Waals surface area contributed by atoms with Crippen LogP contribution < -0.4 is 11.3 Å². The summed E-state index contributed by atoms with van der Waals surface area (Å²) in [7, 11) is 0. The molecule has 1 aromatic heterocycles. The van der Waals surface area contributed by atoms with Gasteiger partial charge in [0, 0.05) is 6.20 Å². The first kappa shape index (κ1) is 12.0. The molecule has 4 atom stereocenters. The molecule has 1 fully saturated rings. The molecule has 17 heavy (non-hydrogen) atoms. The van der Waals surface area contributed by atoms with E-state index in [0.717, 1.165) is 0 Å². The van der Waals surface area contributed by atoms with Crippen LogP contribution in [0.3, 0.4) is 0 Å². The van der Waals surface area contributed by atoms with Gasteiger partial charge in [-0.3, -0.25) is 9.78 Å². The first-order valence-corrected chi connectivity index (χ1v) is 5.01. The van der Waals surface area contributed by atoms with Crippen molar-refractivity contribution in [2.24, 2.45) is 0 Å². The summed E-state index contributed by atoms with van der Waals surface area (Å²) in [4.78, 5) is 17.5. The molecule has 1 aromatic rings. The molecule has 94 valence electrons. The van der Waals surface area contributed by atoms with Gasteiger partial charge in [0.05, 0.1) is 12.2 Å². The van der Waals surface area contributed by atoms with E-state index in [4.69, 9.17) is 10.5 Å².